The number of halogens is 1. The van der Waals surface area contributed by atoms with Gasteiger partial charge < -0.3 is 14.5 Å². The largest absolute Gasteiger partial charge is 0.493 e. The van der Waals surface area contributed by atoms with Gasteiger partial charge in [0.2, 0.25) is 0 Å². The maximum absolute atomic E-state index is 13.7. The summed E-state index contributed by atoms with van der Waals surface area (Å²) in [4.78, 5) is 20.3. The van der Waals surface area contributed by atoms with Gasteiger partial charge in [-0.25, -0.2) is 9.37 Å². The topological polar surface area (TPSA) is 64.2 Å². The molecule has 0 fully saturated rings. The molecule has 0 spiro atoms. The van der Waals surface area contributed by atoms with Crippen LogP contribution in [0.3, 0.4) is 0 Å². The summed E-state index contributed by atoms with van der Waals surface area (Å²) in [7, 11) is 1.46. The Morgan fingerprint density at radius 2 is 1.78 bits per heavy atom. The van der Waals surface area contributed by atoms with Crippen LogP contribution in [0, 0.1) is 12.7 Å². The van der Waals surface area contributed by atoms with E-state index in [1.54, 1.807) is 24.4 Å². The zero-order chi connectivity index (χ0) is 23.0. The van der Waals surface area contributed by atoms with E-state index < -0.39 is 5.82 Å². The molecule has 0 bridgehead atoms. The van der Waals surface area contributed by atoms with E-state index in [1.807, 2.05) is 13.0 Å². The first-order chi connectivity index (χ1) is 15.2. The van der Waals surface area contributed by atoms with E-state index in [2.05, 4.69) is 36.8 Å². The van der Waals surface area contributed by atoms with Gasteiger partial charge in [-0.15, -0.1) is 0 Å². The Bertz CT molecular complexity index is 1370. The van der Waals surface area contributed by atoms with Gasteiger partial charge in [0, 0.05) is 23.9 Å². The third kappa shape index (κ3) is 4.08. The van der Waals surface area contributed by atoms with E-state index in [4.69, 9.17) is 9.47 Å². The van der Waals surface area contributed by atoms with Crippen molar-refractivity contribution in [2.24, 2.45) is 0 Å². The summed E-state index contributed by atoms with van der Waals surface area (Å²) in [6, 6.07) is 13.2. The summed E-state index contributed by atoms with van der Waals surface area (Å²) in [5, 5.41) is 0.517. The molecule has 164 valence electrons. The molecular formula is C26H25FN2O3. The zero-order valence-corrected chi connectivity index (χ0v) is 18.7. The van der Waals surface area contributed by atoms with E-state index in [9.17, 15) is 9.18 Å². The molecule has 4 rings (SSSR count). The standard InChI is InChI=1S/C26H25FN2O3/c1-15-11-16(26(2,3)4)12-23(32-21-9-8-17(27)13-22(21)31-5)24(15)19-14-20(30)18-7-6-10-28-25(18)29-19/h6-14H,1-5H3,(H,28,29,30). The highest BCUT2D eigenvalue weighted by Crippen LogP contribution is 2.41. The Morgan fingerprint density at radius 1 is 1.00 bits per heavy atom. The molecule has 0 saturated heterocycles. The van der Waals surface area contributed by atoms with Crippen LogP contribution in [-0.4, -0.2) is 17.1 Å². The highest BCUT2D eigenvalue weighted by atomic mass is 19.1. The molecule has 2 aromatic heterocycles. The Balaban J connectivity index is 1.96. The highest BCUT2D eigenvalue weighted by molar-refractivity contribution is 5.81. The van der Waals surface area contributed by atoms with Crippen molar-refractivity contribution >= 4 is 11.0 Å². The van der Waals surface area contributed by atoms with Gasteiger partial charge in [-0.1, -0.05) is 26.8 Å². The second-order valence-corrected chi connectivity index (χ2v) is 8.76. The molecule has 0 atom stereocenters. The molecule has 0 radical (unpaired) electrons. The minimum atomic E-state index is -0.418. The number of H-pyrrole nitrogens is 1. The van der Waals surface area contributed by atoms with Gasteiger partial charge in [0.1, 0.15) is 17.2 Å². The van der Waals surface area contributed by atoms with Crippen molar-refractivity contribution < 1.29 is 13.9 Å². The van der Waals surface area contributed by atoms with Crippen LogP contribution in [0.15, 0.2) is 59.5 Å². The predicted molar refractivity (Wildman–Crippen MR) is 124 cm³/mol. The third-order valence-corrected chi connectivity index (χ3v) is 5.38. The highest BCUT2D eigenvalue weighted by Gasteiger charge is 2.21. The number of nitrogens with one attached hydrogen (secondary N) is 1. The summed E-state index contributed by atoms with van der Waals surface area (Å²) >= 11 is 0. The molecule has 5 nitrogen and oxygen atoms in total. The number of aryl methyl sites for hydroxylation is 1. The molecule has 6 heteroatoms. The van der Waals surface area contributed by atoms with Gasteiger partial charge in [0.15, 0.2) is 16.9 Å². The first-order valence-corrected chi connectivity index (χ1v) is 10.3. The molecule has 0 saturated carbocycles. The van der Waals surface area contributed by atoms with Crippen LogP contribution in [0.5, 0.6) is 17.2 Å². The minimum Gasteiger partial charge on any atom is -0.493 e. The molecule has 0 aliphatic heterocycles. The number of methoxy groups -OCH3 is 1. The lowest BCUT2D eigenvalue weighted by Gasteiger charge is -2.23. The number of nitrogens with zero attached hydrogens (tertiary/aromatic N) is 1. The van der Waals surface area contributed by atoms with Gasteiger partial charge in [0.25, 0.3) is 0 Å². The molecule has 0 aliphatic rings. The average molecular weight is 432 g/mol. The van der Waals surface area contributed by atoms with Crippen molar-refractivity contribution in [3.63, 3.8) is 0 Å². The summed E-state index contributed by atoms with van der Waals surface area (Å²) in [5.41, 5.74) is 3.55. The maximum Gasteiger partial charge on any atom is 0.191 e. The lowest BCUT2D eigenvalue weighted by molar-refractivity contribution is 0.375. The molecule has 0 unspecified atom stereocenters. The van der Waals surface area contributed by atoms with Gasteiger partial charge in [-0.2, -0.15) is 0 Å². The molecule has 32 heavy (non-hydrogen) atoms. The Kier molecular flexibility index (Phi) is 5.46. The third-order valence-electron chi connectivity index (χ3n) is 5.38. The van der Waals surface area contributed by atoms with Crippen LogP contribution in [-0.2, 0) is 5.41 Å². The molecule has 2 heterocycles. The molecule has 0 aliphatic carbocycles. The van der Waals surface area contributed by atoms with Crippen molar-refractivity contribution in [2.75, 3.05) is 7.11 Å². The number of hydrogen-bond donors (Lipinski definition) is 1. The molecule has 2 aromatic carbocycles. The number of aromatic amines is 1. The van der Waals surface area contributed by atoms with E-state index in [0.717, 1.165) is 16.7 Å². The average Bonchev–Trinajstić information content (AvgIpc) is 2.74. The molecule has 4 aromatic rings. The van der Waals surface area contributed by atoms with Crippen LogP contribution in [0.25, 0.3) is 22.3 Å². The number of benzene rings is 2. The lowest BCUT2D eigenvalue weighted by atomic mass is 9.84. The fourth-order valence-electron chi connectivity index (χ4n) is 3.67. The summed E-state index contributed by atoms with van der Waals surface area (Å²) in [6.45, 7) is 8.32. The Morgan fingerprint density at radius 3 is 2.50 bits per heavy atom. The van der Waals surface area contributed by atoms with Crippen LogP contribution in [0.1, 0.15) is 31.9 Å². The van der Waals surface area contributed by atoms with Crippen LogP contribution >= 0.6 is 0 Å². The molecule has 1 N–H and O–H groups in total. The van der Waals surface area contributed by atoms with Crippen LogP contribution in [0.4, 0.5) is 4.39 Å². The smallest absolute Gasteiger partial charge is 0.191 e. The van der Waals surface area contributed by atoms with E-state index >= 15 is 0 Å². The number of aromatic nitrogens is 2. The lowest BCUT2D eigenvalue weighted by Crippen LogP contribution is -2.12. The van der Waals surface area contributed by atoms with Crippen LogP contribution in [0.2, 0.25) is 0 Å². The van der Waals surface area contributed by atoms with E-state index in [-0.39, 0.29) is 16.6 Å². The second kappa shape index (κ2) is 8.11. The van der Waals surface area contributed by atoms with E-state index in [0.29, 0.717) is 28.2 Å². The van der Waals surface area contributed by atoms with Gasteiger partial charge in [-0.3, -0.25) is 4.79 Å². The quantitative estimate of drug-likeness (QED) is 0.421. The van der Waals surface area contributed by atoms with Crippen molar-refractivity contribution in [2.45, 2.75) is 33.1 Å². The second-order valence-electron chi connectivity index (χ2n) is 8.76. The summed E-state index contributed by atoms with van der Waals surface area (Å²) in [6.07, 6.45) is 1.64. The first-order valence-electron chi connectivity index (χ1n) is 10.3. The molecular weight excluding hydrogens is 407 g/mol. The van der Waals surface area contributed by atoms with Gasteiger partial charge in [0.05, 0.1) is 18.2 Å². The van der Waals surface area contributed by atoms with Crippen molar-refractivity contribution in [1.82, 2.24) is 9.97 Å². The fourth-order valence-corrected chi connectivity index (χ4v) is 3.67. The normalized spacial score (nSPS) is 11.6. The van der Waals surface area contributed by atoms with E-state index in [1.165, 1.54) is 25.3 Å². The SMILES string of the molecule is COc1cc(F)ccc1Oc1cc(C(C)(C)C)cc(C)c1-c1cc(=O)c2cccnc2[nH]1. The maximum atomic E-state index is 13.7. The number of rotatable bonds is 4. The van der Waals surface area contributed by atoms with Crippen molar-refractivity contribution in [3.05, 3.63) is 81.9 Å². The Hall–Kier alpha value is -3.67. The van der Waals surface area contributed by atoms with Crippen LogP contribution < -0.4 is 14.9 Å². The van der Waals surface area contributed by atoms with Crippen molar-refractivity contribution in [1.29, 1.82) is 0 Å². The fraction of sp³-hybridized carbons (Fsp3) is 0.231. The minimum absolute atomic E-state index is 0.132. The Labute approximate surface area is 185 Å². The van der Waals surface area contributed by atoms with Gasteiger partial charge in [-0.05, 0) is 53.8 Å². The van der Waals surface area contributed by atoms with Crippen molar-refractivity contribution in [3.8, 4) is 28.5 Å². The summed E-state index contributed by atoms with van der Waals surface area (Å²) in [5.74, 6) is 0.773. The number of fused-ring (bicyclic) bond motifs is 1. The monoisotopic (exact) mass is 432 g/mol. The van der Waals surface area contributed by atoms with Gasteiger partial charge >= 0.3 is 0 Å². The zero-order valence-electron chi connectivity index (χ0n) is 18.7. The molecule has 0 amide bonds. The summed E-state index contributed by atoms with van der Waals surface area (Å²) < 4.78 is 25.3. The first kappa shape index (κ1) is 21.6. The number of pyridine rings is 2. The number of hydrogen-bond acceptors (Lipinski definition) is 4. The number of ether oxygens (including phenoxy) is 2. The predicted octanol–water partition coefficient (Wildman–Crippen LogP) is 6.14.